The van der Waals surface area contributed by atoms with Crippen molar-refractivity contribution in [2.24, 2.45) is 0 Å². The van der Waals surface area contributed by atoms with Gasteiger partial charge in [-0.05, 0) is 47.5 Å². The fraction of sp³-hybridized carbons (Fsp3) is 0.0667. The summed E-state index contributed by atoms with van der Waals surface area (Å²) in [5.41, 5.74) is 1.33. The van der Waals surface area contributed by atoms with Gasteiger partial charge in [-0.1, -0.05) is 72.2 Å². The number of nitrogens with one attached hydrogen (secondary N) is 2. The van der Waals surface area contributed by atoms with E-state index in [4.69, 9.17) is 19.7 Å². The SMILES string of the molecule is O=C(Nc1ccc(C(=O)O)c([O-])c1)OCc1ccccc1.O=C(Nc1ccc(C(=O)O)c([O-])c1)OCc1ccccc1.[Zn+2]. The molecule has 0 aliphatic heterocycles. The van der Waals surface area contributed by atoms with E-state index in [1.54, 1.807) is 0 Å². The van der Waals surface area contributed by atoms with Gasteiger partial charge in [0.2, 0.25) is 0 Å². The zero-order chi connectivity index (χ0) is 30.5. The number of carbonyl (C=O) groups is 4. The van der Waals surface area contributed by atoms with Crippen molar-refractivity contribution in [3.8, 4) is 11.5 Å². The van der Waals surface area contributed by atoms with Crippen molar-refractivity contribution < 1.29 is 68.6 Å². The minimum absolute atomic E-state index is 0. The molecular weight excluding hydrogens is 614 g/mol. The molecule has 0 fully saturated rings. The fourth-order valence-corrected chi connectivity index (χ4v) is 3.31. The summed E-state index contributed by atoms with van der Waals surface area (Å²) in [6, 6.07) is 25.2. The fourth-order valence-electron chi connectivity index (χ4n) is 3.31. The van der Waals surface area contributed by atoms with Crippen LogP contribution in [0.4, 0.5) is 21.0 Å². The summed E-state index contributed by atoms with van der Waals surface area (Å²) < 4.78 is 9.96. The standard InChI is InChI=1S/2C15H13NO5.Zn/c2*17-13-8-11(6-7-12(13)14(18)19)16-15(20)21-9-10-4-2-1-3-5-10;/h2*1-8,17H,9H2,(H,16,20)(H,18,19);/q;;+2/p-2. The zero-order valence-corrected chi connectivity index (χ0v) is 25.5. The van der Waals surface area contributed by atoms with E-state index in [0.29, 0.717) is 0 Å². The number of carboxylic acid groups (broad SMARTS) is 2. The summed E-state index contributed by atoms with van der Waals surface area (Å²) in [6.45, 7) is 0.203. The molecule has 0 aliphatic carbocycles. The Morgan fingerprint density at radius 1 is 0.581 bits per heavy atom. The molecule has 0 atom stereocenters. The van der Waals surface area contributed by atoms with Crippen molar-refractivity contribution in [3.05, 3.63) is 119 Å². The Hall–Kier alpha value is -5.42. The summed E-state index contributed by atoms with van der Waals surface area (Å²) in [5, 5.41) is 45.1. The van der Waals surface area contributed by atoms with Gasteiger partial charge in [0, 0.05) is 11.4 Å². The molecule has 13 heteroatoms. The minimum Gasteiger partial charge on any atom is -0.872 e. The molecule has 0 unspecified atom stereocenters. The van der Waals surface area contributed by atoms with Crippen molar-refractivity contribution >= 4 is 35.5 Å². The Morgan fingerprint density at radius 2 is 0.930 bits per heavy atom. The number of carboxylic acids is 2. The van der Waals surface area contributed by atoms with Crippen LogP contribution in [0.15, 0.2) is 97.1 Å². The quantitative estimate of drug-likeness (QED) is 0.201. The Bertz CT molecular complexity index is 1430. The number of rotatable bonds is 8. The maximum absolute atomic E-state index is 11.6. The van der Waals surface area contributed by atoms with Crippen molar-refractivity contribution in [1.82, 2.24) is 0 Å². The van der Waals surface area contributed by atoms with Crippen molar-refractivity contribution in [1.29, 1.82) is 0 Å². The Labute approximate surface area is 258 Å². The van der Waals surface area contributed by atoms with Crippen LogP contribution in [0.1, 0.15) is 31.8 Å². The minimum atomic E-state index is -1.31. The molecule has 4 aromatic rings. The van der Waals surface area contributed by atoms with Gasteiger partial charge in [-0.2, -0.15) is 0 Å². The first kappa shape index (κ1) is 33.8. The van der Waals surface area contributed by atoms with Gasteiger partial charge in [0.15, 0.2) is 0 Å². The van der Waals surface area contributed by atoms with E-state index in [9.17, 15) is 29.4 Å². The van der Waals surface area contributed by atoms with E-state index < -0.39 is 35.6 Å². The van der Waals surface area contributed by atoms with Gasteiger partial charge in [-0.25, -0.2) is 19.2 Å². The van der Waals surface area contributed by atoms with E-state index in [-0.39, 0.29) is 55.2 Å². The molecule has 0 aromatic heterocycles. The maximum atomic E-state index is 11.6. The molecule has 4 rings (SSSR count). The molecule has 2 amide bonds. The molecule has 0 aliphatic rings. The van der Waals surface area contributed by atoms with E-state index in [1.807, 2.05) is 60.7 Å². The number of anilines is 2. The molecule has 4 aromatic carbocycles. The molecule has 0 radical (unpaired) electrons. The van der Waals surface area contributed by atoms with Crippen LogP contribution in [0.25, 0.3) is 0 Å². The van der Waals surface area contributed by atoms with Crippen LogP contribution in [0.3, 0.4) is 0 Å². The number of carbonyl (C=O) groups excluding carboxylic acids is 2. The Kier molecular flexibility index (Phi) is 13.2. The third-order valence-electron chi connectivity index (χ3n) is 5.34. The number of hydrogen-bond acceptors (Lipinski definition) is 8. The summed E-state index contributed by atoms with van der Waals surface area (Å²) in [7, 11) is 0. The maximum Gasteiger partial charge on any atom is 2.00 e. The van der Waals surface area contributed by atoms with Gasteiger partial charge in [0.05, 0.1) is 11.1 Å². The molecule has 0 saturated carbocycles. The van der Waals surface area contributed by atoms with Crippen LogP contribution >= 0.6 is 0 Å². The predicted molar refractivity (Wildman–Crippen MR) is 146 cm³/mol. The predicted octanol–water partition coefficient (Wildman–Crippen LogP) is 4.41. The number of benzene rings is 4. The van der Waals surface area contributed by atoms with Gasteiger partial charge in [0.1, 0.15) is 13.2 Å². The Morgan fingerprint density at radius 3 is 1.23 bits per heavy atom. The summed E-state index contributed by atoms with van der Waals surface area (Å²) in [5.74, 6) is -3.97. The number of hydrogen-bond donors (Lipinski definition) is 4. The number of aromatic carboxylic acids is 2. The van der Waals surface area contributed by atoms with Crippen LogP contribution in [-0.2, 0) is 42.2 Å². The van der Waals surface area contributed by atoms with Gasteiger partial charge in [0.25, 0.3) is 0 Å². The third kappa shape index (κ3) is 11.2. The van der Waals surface area contributed by atoms with Crippen molar-refractivity contribution in [3.63, 3.8) is 0 Å². The van der Waals surface area contributed by atoms with E-state index in [2.05, 4.69) is 10.6 Å². The first-order valence-electron chi connectivity index (χ1n) is 12.2. The van der Waals surface area contributed by atoms with Crippen LogP contribution in [0.2, 0.25) is 0 Å². The van der Waals surface area contributed by atoms with Crippen LogP contribution in [0, 0.1) is 0 Å². The van der Waals surface area contributed by atoms with E-state index in [1.165, 1.54) is 12.1 Å². The van der Waals surface area contributed by atoms with Gasteiger partial charge in [-0.15, -0.1) is 0 Å². The normalized spacial score (nSPS) is 9.67. The number of ether oxygens (including phenoxy) is 2. The smallest absolute Gasteiger partial charge is 0.872 e. The summed E-state index contributed by atoms with van der Waals surface area (Å²) in [6.07, 6.45) is -1.44. The second-order valence-electron chi connectivity index (χ2n) is 8.41. The average molecular weight is 638 g/mol. The molecule has 12 nitrogen and oxygen atoms in total. The van der Waals surface area contributed by atoms with Gasteiger partial charge in [-0.3, -0.25) is 10.6 Å². The molecule has 0 heterocycles. The van der Waals surface area contributed by atoms with Gasteiger partial charge < -0.3 is 29.9 Å². The Balaban J connectivity index is 0.000000293. The largest absolute Gasteiger partial charge is 2.00 e. The second kappa shape index (κ2) is 16.8. The van der Waals surface area contributed by atoms with Crippen LogP contribution in [-0.4, -0.2) is 34.3 Å². The van der Waals surface area contributed by atoms with Gasteiger partial charge >= 0.3 is 43.6 Å². The molecule has 216 valence electrons. The molecule has 0 bridgehead atoms. The average Bonchev–Trinajstić information content (AvgIpc) is 2.96. The molecule has 0 saturated heterocycles. The van der Waals surface area contributed by atoms with Crippen molar-refractivity contribution in [2.75, 3.05) is 10.6 Å². The van der Waals surface area contributed by atoms with E-state index in [0.717, 1.165) is 35.4 Å². The van der Waals surface area contributed by atoms with Crippen LogP contribution < -0.4 is 20.8 Å². The summed E-state index contributed by atoms with van der Waals surface area (Å²) >= 11 is 0. The first-order chi connectivity index (χ1) is 20.1. The molecule has 0 spiro atoms. The second-order valence-corrected chi connectivity index (χ2v) is 8.41. The summed E-state index contributed by atoms with van der Waals surface area (Å²) in [4.78, 5) is 44.5. The number of amides is 2. The molecule has 43 heavy (non-hydrogen) atoms. The first-order valence-corrected chi connectivity index (χ1v) is 12.2. The molecule has 4 N–H and O–H groups in total. The van der Waals surface area contributed by atoms with Crippen molar-refractivity contribution in [2.45, 2.75) is 13.2 Å². The molecular formula is C30H24N2O10Zn. The zero-order valence-electron chi connectivity index (χ0n) is 22.5. The monoisotopic (exact) mass is 636 g/mol. The third-order valence-corrected chi connectivity index (χ3v) is 5.34. The van der Waals surface area contributed by atoms with Crippen LogP contribution in [0.5, 0.6) is 11.5 Å². The van der Waals surface area contributed by atoms with E-state index >= 15 is 0 Å². The topological polar surface area (TPSA) is 197 Å².